The molecule has 118 valence electrons. The molecule has 1 saturated heterocycles. The molecule has 0 spiro atoms. The molecule has 2 aliphatic rings. The van der Waals surface area contributed by atoms with E-state index in [4.69, 9.17) is 0 Å². The van der Waals surface area contributed by atoms with E-state index in [1.165, 1.54) is 27.9 Å². The fraction of sp³-hybridized carbons (Fsp3) is 0.333. The highest BCUT2D eigenvalue weighted by Gasteiger charge is 2.24. The van der Waals surface area contributed by atoms with E-state index in [9.17, 15) is 0 Å². The van der Waals surface area contributed by atoms with Gasteiger partial charge in [0.25, 0.3) is 0 Å². The van der Waals surface area contributed by atoms with Gasteiger partial charge in [0, 0.05) is 38.3 Å². The summed E-state index contributed by atoms with van der Waals surface area (Å²) in [5.41, 5.74) is 7.32. The van der Waals surface area contributed by atoms with Crippen LogP contribution in [0.2, 0.25) is 0 Å². The third kappa shape index (κ3) is 2.83. The second-order valence-corrected chi connectivity index (χ2v) is 5.93. The molecular formula is C18H22Cl2N2. The number of rotatable bonds is 1. The van der Waals surface area contributed by atoms with Crippen LogP contribution in [0.4, 0.5) is 5.69 Å². The van der Waals surface area contributed by atoms with Crippen LogP contribution >= 0.6 is 24.8 Å². The molecule has 22 heavy (non-hydrogen) atoms. The van der Waals surface area contributed by atoms with E-state index in [0.717, 1.165) is 32.6 Å². The minimum Gasteiger partial charge on any atom is -0.369 e. The van der Waals surface area contributed by atoms with Gasteiger partial charge in [0.1, 0.15) is 0 Å². The van der Waals surface area contributed by atoms with E-state index < -0.39 is 0 Å². The molecular weight excluding hydrogens is 315 g/mol. The molecule has 4 heteroatoms. The van der Waals surface area contributed by atoms with E-state index in [2.05, 4.69) is 59.3 Å². The van der Waals surface area contributed by atoms with Gasteiger partial charge >= 0.3 is 0 Å². The molecule has 2 aromatic carbocycles. The molecule has 1 fully saturated rings. The Hall–Kier alpha value is -1.22. The standard InChI is InChI=1S/C18H20N2.2ClH/c1-19-9-11-20(12-10-19)18-8-4-7-16-15-6-3-2-5-14(15)13-17(16)18;;/h2-8H,9-13H2,1H3;2*1H. The highest BCUT2D eigenvalue weighted by molar-refractivity contribution is 5.85. The van der Waals surface area contributed by atoms with E-state index in [-0.39, 0.29) is 24.8 Å². The monoisotopic (exact) mass is 336 g/mol. The molecule has 0 saturated carbocycles. The van der Waals surface area contributed by atoms with Crippen LogP contribution in [0.15, 0.2) is 42.5 Å². The zero-order chi connectivity index (χ0) is 13.5. The molecule has 4 rings (SSSR count). The van der Waals surface area contributed by atoms with Crippen LogP contribution in [0.1, 0.15) is 11.1 Å². The maximum absolute atomic E-state index is 2.56. The zero-order valence-electron chi connectivity index (χ0n) is 12.8. The van der Waals surface area contributed by atoms with Gasteiger partial charge in [0.05, 0.1) is 0 Å². The largest absolute Gasteiger partial charge is 0.369 e. The number of halogens is 2. The molecule has 0 unspecified atom stereocenters. The van der Waals surface area contributed by atoms with Gasteiger partial charge < -0.3 is 9.80 Å². The van der Waals surface area contributed by atoms with E-state index in [0.29, 0.717) is 0 Å². The van der Waals surface area contributed by atoms with Crippen LogP contribution in [0.25, 0.3) is 11.1 Å². The first-order valence-electron chi connectivity index (χ1n) is 7.46. The highest BCUT2D eigenvalue weighted by atomic mass is 35.5. The predicted octanol–water partition coefficient (Wildman–Crippen LogP) is 3.85. The number of piperazine rings is 1. The van der Waals surface area contributed by atoms with Gasteiger partial charge in [-0.3, -0.25) is 0 Å². The van der Waals surface area contributed by atoms with Gasteiger partial charge in [-0.2, -0.15) is 0 Å². The van der Waals surface area contributed by atoms with Gasteiger partial charge in [-0.15, -0.1) is 24.8 Å². The fourth-order valence-corrected chi connectivity index (χ4v) is 3.48. The Morgan fingerprint density at radius 2 is 1.45 bits per heavy atom. The summed E-state index contributed by atoms with van der Waals surface area (Å²) < 4.78 is 0. The van der Waals surface area contributed by atoms with Crippen molar-refractivity contribution in [3.05, 3.63) is 53.6 Å². The molecule has 1 aliphatic carbocycles. The molecule has 1 heterocycles. The van der Waals surface area contributed by atoms with Crippen LogP contribution in [0.3, 0.4) is 0 Å². The molecule has 0 bridgehead atoms. The quantitative estimate of drug-likeness (QED) is 0.665. The summed E-state index contributed by atoms with van der Waals surface area (Å²) in [5.74, 6) is 0. The molecule has 0 amide bonds. The molecule has 0 N–H and O–H groups in total. The number of benzene rings is 2. The van der Waals surface area contributed by atoms with Crippen LogP contribution in [0.5, 0.6) is 0 Å². The van der Waals surface area contributed by atoms with Crippen LogP contribution in [-0.4, -0.2) is 38.1 Å². The summed E-state index contributed by atoms with van der Waals surface area (Å²) in [5, 5.41) is 0. The average molecular weight is 337 g/mol. The topological polar surface area (TPSA) is 6.48 Å². The first-order chi connectivity index (χ1) is 9.83. The fourth-order valence-electron chi connectivity index (χ4n) is 3.48. The minimum absolute atomic E-state index is 0. The van der Waals surface area contributed by atoms with Crippen LogP contribution in [-0.2, 0) is 6.42 Å². The number of hydrogen-bond donors (Lipinski definition) is 0. The number of nitrogens with zero attached hydrogens (tertiary/aromatic N) is 2. The first-order valence-corrected chi connectivity index (χ1v) is 7.46. The Labute approximate surface area is 144 Å². The van der Waals surface area contributed by atoms with E-state index in [1.54, 1.807) is 0 Å². The van der Waals surface area contributed by atoms with Crippen LogP contribution < -0.4 is 4.90 Å². The highest BCUT2D eigenvalue weighted by Crippen LogP contribution is 2.41. The number of hydrogen-bond acceptors (Lipinski definition) is 2. The summed E-state index contributed by atoms with van der Waals surface area (Å²) in [6.07, 6.45) is 1.09. The molecule has 2 nitrogen and oxygen atoms in total. The van der Waals surface area contributed by atoms with E-state index >= 15 is 0 Å². The van der Waals surface area contributed by atoms with Crippen molar-refractivity contribution in [3.63, 3.8) is 0 Å². The van der Waals surface area contributed by atoms with Crippen molar-refractivity contribution in [2.45, 2.75) is 6.42 Å². The Morgan fingerprint density at radius 1 is 0.773 bits per heavy atom. The van der Waals surface area contributed by atoms with Gasteiger partial charge in [-0.05, 0) is 35.4 Å². The van der Waals surface area contributed by atoms with Crippen molar-refractivity contribution in [1.82, 2.24) is 4.90 Å². The van der Waals surface area contributed by atoms with Crippen molar-refractivity contribution in [1.29, 1.82) is 0 Å². The minimum atomic E-state index is 0. The zero-order valence-corrected chi connectivity index (χ0v) is 14.4. The number of fused-ring (bicyclic) bond motifs is 3. The van der Waals surface area contributed by atoms with Gasteiger partial charge in [-0.25, -0.2) is 0 Å². The van der Waals surface area contributed by atoms with Crippen molar-refractivity contribution >= 4 is 30.5 Å². The Balaban J connectivity index is 0.000000882. The van der Waals surface area contributed by atoms with E-state index in [1.807, 2.05) is 0 Å². The smallest absolute Gasteiger partial charge is 0.0409 e. The summed E-state index contributed by atoms with van der Waals surface area (Å²) in [6, 6.07) is 15.6. The second kappa shape index (κ2) is 6.91. The van der Waals surface area contributed by atoms with Crippen LogP contribution in [0, 0.1) is 0 Å². The molecule has 0 aromatic heterocycles. The summed E-state index contributed by atoms with van der Waals surface area (Å²) >= 11 is 0. The molecule has 2 aromatic rings. The lowest BCUT2D eigenvalue weighted by Crippen LogP contribution is -2.44. The summed E-state index contributed by atoms with van der Waals surface area (Å²) in [6.45, 7) is 4.61. The van der Waals surface area contributed by atoms with Gasteiger partial charge in [0.15, 0.2) is 0 Å². The lowest BCUT2D eigenvalue weighted by Gasteiger charge is -2.35. The first kappa shape index (κ1) is 17.1. The third-order valence-electron chi connectivity index (χ3n) is 4.67. The maximum atomic E-state index is 2.56. The SMILES string of the molecule is CN1CCN(c2cccc3c2Cc2ccccc2-3)CC1.Cl.Cl. The lowest BCUT2D eigenvalue weighted by atomic mass is 10.0. The second-order valence-electron chi connectivity index (χ2n) is 5.93. The van der Waals surface area contributed by atoms with Crippen molar-refractivity contribution in [2.75, 3.05) is 38.1 Å². The van der Waals surface area contributed by atoms with Crippen molar-refractivity contribution < 1.29 is 0 Å². The molecule has 0 radical (unpaired) electrons. The third-order valence-corrected chi connectivity index (χ3v) is 4.67. The Bertz CT molecular complexity index is 649. The normalized spacial score (nSPS) is 16.3. The predicted molar refractivity (Wildman–Crippen MR) is 98.9 cm³/mol. The Kier molecular flexibility index (Phi) is 5.38. The molecule has 0 atom stereocenters. The average Bonchev–Trinajstić information content (AvgIpc) is 2.87. The number of anilines is 1. The lowest BCUT2D eigenvalue weighted by molar-refractivity contribution is 0.312. The summed E-state index contributed by atoms with van der Waals surface area (Å²) in [7, 11) is 2.21. The maximum Gasteiger partial charge on any atom is 0.0409 e. The van der Waals surface area contributed by atoms with Crippen molar-refractivity contribution in [2.24, 2.45) is 0 Å². The van der Waals surface area contributed by atoms with Gasteiger partial charge in [-0.1, -0.05) is 36.4 Å². The molecule has 1 aliphatic heterocycles. The van der Waals surface area contributed by atoms with Gasteiger partial charge in [0.2, 0.25) is 0 Å². The van der Waals surface area contributed by atoms with Crippen molar-refractivity contribution in [3.8, 4) is 11.1 Å². The summed E-state index contributed by atoms with van der Waals surface area (Å²) in [4.78, 5) is 4.97. The Morgan fingerprint density at radius 3 is 2.23 bits per heavy atom. The number of likely N-dealkylation sites (N-methyl/N-ethyl adjacent to an activating group) is 1.